The summed E-state index contributed by atoms with van der Waals surface area (Å²) in [6.07, 6.45) is 0.365. The average molecular weight is 538 g/mol. The van der Waals surface area contributed by atoms with Gasteiger partial charge in [-0.15, -0.1) is 0 Å². The smallest absolute Gasteiger partial charge is 0.264 e. The van der Waals surface area contributed by atoms with E-state index < -0.39 is 28.5 Å². The minimum absolute atomic E-state index is 0.0414. The van der Waals surface area contributed by atoms with Gasteiger partial charge in [0.1, 0.15) is 18.3 Å². The number of hydrogen-bond donors (Lipinski definition) is 1. The molecule has 0 aliphatic carbocycles. The van der Waals surface area contributed by atoms with E-state index in [1.54, 1.807) is 42.5 Å². The number of anilines is 1. The molecule has 3 aromatic rings. The van der Waals surface area contributed by atoms with Gasteiger partial charge in [-0.05, 0) is 50.1 Å². The fourth-order valence-corrected chi connectivity index (χ4v) is 5.73. The van der Waals surface area contributed by atoms with Crippen molar-refractivity contribution in [2.24, 2.45) is 0 Å². The van der Waals surface area contributed by atoms with Crippen LogP contribution in [0.4, 0.5) is 5.69 Å². The Labute approximate surface area is 225 Å². The molecule has 38 heavy (non-hydrogen) atoms. The fraction of sp³-hybridized carbons (Fsp3) is 0.310. The number of rotatable bonds is 12. The molecule has 0 radical (unpaired) electrons. The third-order valence-corrected chi connectivity index (χ3v) is 7.91. The van der Waals surface area contributed by atoms with Crippen molar-refractivity contribution in [2.75, 3.05) is 24.5 Å². The third kappa shape index (κ3) is 6.72. The highest BCUT2D eigenvalue weighted by molar-refractivity contribution is 7.92. The Kier molecular flexibility index (Phi) is 9.90. The SMILES string of the molecule is CCNC(=O)[C@H](CC)N(Cc1cccc(C)c1)C(=O)CN(c1ccccc1OC)S(=O)(=O)c1ccccc1. The lowest BCUT2D eigenvalue weighted by molar-refractivity contribution is -0.140. The number of sulfonamides is 1. The molecule has 0 saturated heterocycles. The summed E-state index contributed by atoms with van der Waals surface area (Å²) in [4.78, 5) is 28.5. The Morgan fingerprint density at radius 2 is 1.63 bits per heavy atom. The topological polar surface area (TPSA) is 96.0 Å². The summed E-state index contributed by atoms with van der Waals surface area (Å²) < 4.78 is 34.2. The molecule has 0 aromatic heterocycles. The van der Waals surface area contributed by atoms with E-state index in [-0.39, 0.29) is 23.0 Å². The average Bonchev–Trinajstić information content (AvgIpc) is 2.92. The molecule has 0 unspecified atom stereocenters. The molecule has 0 saturated carbocycles. The van der Waals surface area contributed by atoms with Crippen LogP contribution in [0.5, 0.6) is 5.75 Å². The molecule has 8 nitrogen and oxygen atoms in total. The van der Waals surface area contributed by atoms with Gasteiger partial charge in [-0.25, -0.2) is 8.42 Å². The van der Waals surface area contributed by atoms with E-state index in [0.29, 0.717) is 18.7 Å². The summed E-state index contributed by atoms with van der Waals surface area (Å²) >= 11 is 0. The molecule has 2 amide bonds. The van der Waals surface area contributed by atoms with Crippen molar-refractivity contribution in [1.29, 1.82) is 0 Å². The summed E-state index contributed by atoms with van der Waals surface area (Å²) in [6.45, 7) is 5.65. The molecular formula is C29H35N3O5S. The number of carbonyl (C=O) groups excluding carboxylic acids is 2. The highest BCUT2D eigenvalue weighted by Crippen LogP contribution is 2.32. The maximum atomic E-state index is 14.0. The first-order valence-corrected chi connectivity index (χ1v) is 14.0. The van der Waals surface area contributed by atoms with Gasteiger partial charge in [0.05, 0.1) is 17.7 Å². The standard InChI is InChI=1S/C29H35N3O5S/c1-5-25(29(34)30-6-2)31(20-23-14-12-13-22(3)19-23)28(33)21-32(26-17-10-11-18-27(26)37-4)38(35,36)24-15-8-7-9-16-24/h7-19,25H,5-6,20-21H2,1-4H3,(H,30,34)/t25-/m0/s1. The van der Waals surface area contributed by atoms with Gasteiger partial charge < -0.3 is 15.0 Å². The Balaban J connectivity index is 2.09. The number of methoxy groups -OCH3 is 1. The molecule has 0 spiro atoms. The Hall–Kier alpha value is -3.85. The normalized spacial score (nSPS) is 11.9. The summed E-state index contributed by atoms with van der Waals surface area (Å²) in [5.74, 6) is -0.485. The van der Waals surface area contributed by atoms with Gasteiger partial charge in [0.25, 0.3) is 10.0 Å². The lowest BCUT2D eigenvalue weighted by Gasteiger charge is -2.33. The predicted octanol–water partition coefficient (Wildman–Crippen LogP) is 4.14. The third-order valence-electron chi connectivity index (χ3n) is 6.14. The molecule has 3 aromatic carbocycles. The lowest BCUT2D eigenvalue weighted by Crippen LogP contribution is -2.52. The van der Waals surface area contributed by atoms with Crippen molar-refractivity contribution in [2.45, 2.75) is 44.7 Å². The van der Waals surface area contributed by atoms with Crippen LogP contribution in [0.1, 0.15) is 31.4 Å². The number of nitrogens with one attached hydrogen (secondary N) is 1. The van der Waals surface area contributed by atoms with Crippen molar-refractivity contribution in [3.05, 3.63) is 90.0 Å². The van der Waals surface area contributed by atoms with Gasteiger partial charge >= 0.3 is 0 Å². The van der Waals surface area contributed by atoms with Gasteiger partial charge in [0, 0.05) is 13.1 Å². The van der Waals surface area contributed by atoms with Crippen molar-refractivity contribution in [3.8, 4) is 5.75 Å². The highest BCUT2D eigenvalue weighted by atomic mass is 32.2. The number of ether oxygens (including phenoxy) is 1. The van der Waals surface area contributed by atoms with Gasteiger partial charge in [0.15, 0.2) is 0 Å². The van der Waals surface area contributed by atoms with Crippen LogP contribution in [0.25, 0.3) is 0 Å². The highest BCUT2D eigenvalue weighted by Gasteiger charge is 2.34. The second-order valence-electron chi connectivity index (χ2n) is 8.83. The second-order valence-corrected chi connectivity index (χ2v) is 10.7. The fourth-order valence-electron chi connectivity index (χ4n) is 4.29. The molecule has 0 aliphatic heterocycles. The first-order valence-electron chi connectivity index (χ1n) is 12.6. The first kappa shape index (κ1) is 28.7. The molecule has 1 N–H and O–H groups in total. The molecular weight excluding hydrogens is 502 g/mol. The minimum atomic E-state index is -4.15. The van der Waals surface area contributed by atoms with E-state index in [4.69, 9.17) is 4.74 Å². The number of aryl methyl sites for hydroxylation is 1. The van der Waals surface area contributed by atoms with Crippen LogP contribution in [-0.2, 0) is 26.2 Å². The van der Waals surface area contributed by atoms with E-state index in [2.05, 4.69) is 5.32 Å². The number of para-hydroxylation sites is 2. The predicted molar refractivity (Wildman–Crippen MR) is 148 cm³/mol. The molecule has 0 fully saturated rings. The molecule has 3 rings (SSSR count). The van der Waals surface area contributed by atoms with Crippen molar-refractivity contribution < 1.29 is 22.7 Å². The van der Waals surface area contributed by atoms with E-state index in [9.17, 15) is 18.0 Å². The van der Waals surface area contributed by atoms with Gasteiger partial charge in [0.2, 0.25) is 11.8 Å². The van der Waals surface area contributed by atoms with Crippen LogP contribution in [0, 0.1) is 6.92 Å². The van der Waals surface area contributed by atoms with E-state index >= 15 is 0 Å². The molecule has 1 atom stereocenters. The molecule has 0 heterocycles. The van der Waals surface area contributed by atoms with Gasteiger partial charge in [-0.1, -0.05) is 67.1 Å². The number of benzene rings is 3. The lowest BCUT2D eigenvalue weighted by atomic mass is 10.1. The number of amides is 2. The van der Waals surface area contributed by atoms with E-state index in [1.165, 1.54) is 24.1 Å². The minimum Gasteiger partial charge on any atom is -0.495 e. The second kappa shape index (κ2) is 13.1. The Morgan fingerprint density at radius 1 is 0.947 bits per heavy atom. The van der Waals surface area contributed by atoms with Crippen LogP contribution < -0.4 is 14.4 Å². The maximum Gasteiger partial charge on any atom is 0.264 e. The molecule has 0 aliphatic rings. The number of likely N-dealkylation sites (N-methyl/N-ethyl adjacent to an activating group) is 1. The van der Waals surface area contributed by atoms with Crippen molar-refractivity contribution >= 4 is 27.5 Å². The quantitative estimate of drug-likeness (QED) is 0.375. The maximum absolute atomic E-state index is 14.0. The Bertz CT molecular complexity index is 1350. The van der Waals surface area contributed by atoms with Crippen molar-refractivity contribution in [1.82, 2.24) is 10.2 Å². The van der Waals surface area contributed by atoms with Crippen LogP contribution in [0.3, 0.4) is 0 Å². The Morgan fingerprint density at radius 3 is 2.26 bits per heavy atom. The van der Waals surface area contributed by atoms with E-state index in [0.717, 1.165) is 15.4 Å². The van der Waals surface area contributed by atoms with Crippen LogP contribution in [0.2, 0.25) is 0 Å². The monoisotopic (exact) mass is 537 g/mol. The van der Waals surface area contributed by atoms with Crippen LogP contribution >= 0.6 is 0 Å². The van der Waals surface area contributed by atoms with E-state index in [1.807, 2.05) is 45.0 Å². The number of hydrogen-bond acceptors (Lipinski definition) is 5. The molecule has 9 heteroatoms. The van der Waals surface area contributed by atoms with Crippen molar-refractivity contribution in [3.63, 3.8) is 0 Å². The number of nitrogens with zero attached hydrogens (tertiary/aromatic N) is 2. The largest absolute Gasteiger partial charge is 0.495 e. The van der Waals surface area contributed by atoms with Gasteiger partial charge in [-0.2, -0.15) is 0 Å². The summed E-state index contributed by atoms with van der Waals surface area (Å²) in [7, 11) is -2.71. The zero-order valence-corrected chi connectivity index (χ0v) is 23.1. The number of carbonyl (C=O) groups is 2. The zero-order chi connectivity index (χ0) is 27.7. The van der Waals surface area contributed by atoms with Crippen LogP contribution in [-0.4, -0.2) is 51.4 Å². The summed E-state index contributed by atoms with van der Waals surface area (Å²) in [5, 5.41) is 2.80. The summed E-state index contributed by atoms with van der Waals surface area (Å²) in [6, 6.07) is 21.5. The molecule has 202 valence electrons. The zero-order valence-electron chi connectivity index (χ0n) is 22.3. The van der Waals surface area contributed by atoms with Gasteiger partial charge in [-0.3, -0.25) is 13.9 Å². The summed E-state index contributed by atoms with van der Waals surface area (Å²) in [5.41, 5.74) is 2.09. The van der Waals surface area contributed by atoms with Crippen LogP contribution in [0.15, 0.2) is 83.8 Å². The first-order chi connectivity index (χ1) is 18.2. The molecule has 0 bridgehead atoms.